The number of nitrogen functional groups attached to an aromatic ring is 1. The van der Waals surface area contributed by atoms with E-state index in [9.17, 15) is 0 Å². The van der Waals surface area contributed by atoms with Crippen molar-refractivity contribution in [3.63, 3.8) is 0 Å². The molecule has 0 atom stereocenters. The molecule has 14 heavy (non-hydrogen) atoms. The summed E-state index contributed by atoms with van der Waals surface area (Å²) >= 11 is 5.95. The van der Waals surface area contributed by atoms with Crippen LogP contribution < -0.4 is 11.1 Å². The average Bonchev–Trinajstić information content (AvgIpc) is 2.16. The van der Waals surface area contributed by atoms with Crippen LogP contribution in [-0.4, -0.2) is 18.3 Å². The van der Waals surface area contributed by atoms with E-state index < -0.39 is 0 Å². The van der Waals surface area contributed by atoms with Crippen molar-refractivity contribution in [1.82, 2.24) is 0 Å². The molecule has 0 amide bonds. The van der Waals surface area contributed by atoms with Gasteiger partial charge in [0.05, 0.1) is 16.4 Å². The van der Waals surface area contributed by atoms with Gasteiger partial charge in [0.2, 0.25) is 0 Å². The van der Waals surface area contributed by atoms with Gasteiger partial charge in [-0.15, -0.1) is 0 Å². The van der Waals surface area contributed by atoms with E-state index >= 15 is 0 Å². The molecule has 0 heterocycles. The number of rotatable bonds is 5. The number of anilines is 2. The van der Waals surface area contributed by atoms with E-state index in [1.165, 1.54) is 0 Å². The van der Waals surface area contributed by atoms with Gasteiger partial charge in [0.25, 0.3) is 0 Å². The minimum absolute atomic E-state index is 0.222. The van der Waals surface area contributed by atoms with Crippen LogP contribution in [0, 0.1) is 0 Å². The van der Waals surface area contributed by atoms with Gasteiger partial charge in [-0.05, 0) is 25.0 Å². The summed E-state index contributed by atoms with van der Waals surface area (Å²) in [6.45, 7) is 0.994. The zero-order valence-electron chi connectivity index (χ0n) is 7.96. The predicted octanol–water partition coefficient (Wildman–Crippen LogP) is 2.11. The molecule has 0 saturated carbocycles. The molecule has 3 nitrogen and oxygen atoms in total. The topological polar surface area (TPSA) is 58.3 Å². The maximum absolute atomic E-state index is 8.59. The minimum atomic E-state index is 0.222. The van der Waals surface area contributed by atoms with Crippen LogP contribution in [-0.2, 0) is 0 Å². The van der Waals surface area contributed by atoms with Crippen LogP contribution in [0.2, 0.25) is 5.02 Å². The Morgan fingerprint density at radius 2 is 2.14 bits per heavy atom. The molecule has 4 N–H and O–H groups in total. The Hall–Kier alpha value is -0.930. The highest BCUT2D eigenvalue weighted by molar-refractivity contribution is 6.33. The first-order chi connectivity index (χ1) is 6.75. The van der Waals surface area contributed by atoms with Gasteiger partial charge < -0.3 is 16.2 Å². The van der Waals surface area contributed by atoms with Crippen LogP contribution in [0.25, 0.3) is 0 Å². The number of halogens is 1. The van der Waals surface area contributed by atoms with E-state index in [0.29, 0.717) is 10.7 Å². The third kappa shape index (κ3) is 3.09. The molecular formula is C10H15ClN2O. The lowest BCUT2D eigenvalue weighted by molar-refractivity contribution is 0.286. The second kappa shape index (κ2) is 5.73. The smallest absolute Gasteiger partial charge is 0.0763 e. The Morgan fingerprint density at radius 3 is 2.79 bits per heavy atom. The van der Waals surface area contributed by atoms with Gasteiger partial charge in [-0.25, -0.2) is 0 Å². The van der Waals surface area contributed by atoms with E-state index in [1.54, 1.807) is 12.1 Å². The predicted molar refractivity (Wildman–Crippen MR) is 60.7 cm³/mol. The van der Waals surface area contributed by atoms with Crippen molar-refractivity contribution in [3.8, 4) is 0 Å². The second-order valence-electron chi connectivity index (χ2n) is 3.06. The molecule has 0 aliphatic carbocycles. The zero-order valence-corrected chi connectivity index (χ0v) is 8.72. The summed E-state index contributed by atoms with van der Waals surface area (Å²) in [6, 6.07) is 5.42. The monoisotopic (exact) mass is 214 g/mol. The van der Waals surface area contributed by atoms with Crippen molar-refractivity contribution in [1.29, 1.82) is 0 Å². The number of benzene rings is 1. The van der Waals surface area contributed by atoms with E-state index in [0.717, 1.165) is 25.1 Å². The maximum atomic E-state index is 8.59. The van der Waals surface area contributed by atoms with Crippen LogP contribution in [0.4, 0.5) is 11.4 Å². The molecule has 1 aromatic carbocycles. The molecular weight excluding hydrogens is 200 g/mol. The second-order valence-corrected chi connectivity index (χ2v) is 3.47. The molecule has 78 valence electrons. The SMILES string of the molecule is Nc1cccc(Cl)c1NCCCCO. The highest BCUT2D eigenvalue weighted by Crippen LogP contribution is 2.27. The van der Waals surface area contributed by atoms with Gasteiger partial charge in [-0.3, -0.25) is 0 Å². The lowest BCUT2D eigenvalue weighted by atomic mass is 10.2. The Balaban J connectivity index is 2.49. The largest absolute Gasteiger partial charge is 0.397 e. The van der Waals surface area contributed by atoms with Crippen molar-refractivity contribution in [2.75, 3.05) is 24.2 Å². The van der Waals surface area contributed by atoms with E-state index in [2.05, 4.69) is 5.32 Å². The molecule has 0 radical (unpaired) electrons. The lowest BCUT2D eigenvalue weighted by Gasteiger charge is -2.10. The number of para-hydroxylation sites is 1. The number of aliphatic hydroxyl groups excluding tert-OH is 1. The number of hydrogen-bond acceptors (Lipinski definition) is 3. The van der Waals surface area contributed by atoms with E-state index in [4.69, 9.17) is 22.4 Å². The first kappa shape index (κ1) is 11.1. The number of unbranched alkanes of at least 4 members (excludes halogenated alkanes) is 1. The Labute approximate surface area is 88.9 Å². The van der Waals surface area contributed by atoms with Crippen LogP contribution in [0.1, 0.15) is 12.8 Å². The molecule has 0 bridgehead atoms. The van der Waals surface area contributed by atoms with Crippen molar-refractivity contribution in [3.05, 3.63) is 23.2 Å². The molecule has 0 fully saturated rings. The number of aliphatic hydroxyl groups is 1. The number of hydrogen-bond donors (Lipinski definition) is 3. The van der Waals surface area contributed by atoms with Crippen molar-refractivity contribution in [2.45, 2.75) is 12.8 Å². The summed E-state index contributed by atoms with van der Waals surface area (Å²) in [4.78, 5) is 0. The minimum Gasteiger partial charge on any atom is -0.397 e. The summed E-state index contributed by atoms with van der Waals surface area (Å²) in [5.74, 6) is 0. The van der Waals surface area contributed by atoms with Crippen LogP contribution in [0.15, 0.2) is 18.2 Å². The fourth-order valence-electron chi connectivity index (χ4n) is 1.18. The van der Waals surface area contributed by atoms with Gasteiger partial charge in [0, 0.05) is 13.2 Å². The molecule has 0 saturated heterocycles. The number of nitrogens with two attached hydrogens (primary N) is 1. The zero-order chi connectivity index (χ0) is 10.4. The Bertz CT molecular complexity index is 271. The molecule has 0 unspecified atom stereocenters. The quantitative estimate of drug-likeness (QED) is 0.520. The van der Waals surface area contributed by atoms with Gasteiger partial charge in [-0.1, -0.05) is 17.7 Å². The van der Waals surface area contributed by atoms with Crippen LogP contribution in [0.5, 0.6) is 0 Å². The highest BCUT2D eigenvalue weighted by atomic mass is 35.5. The normalized spacial score (nSPS) is 10.1. The summed E-state index contributed by atoms with van der Waals surface area (Å²) in [6.07, 6.45) is 1.69. The molecule has 0 aromatic heterocycles. The molecule has 4 heteroatoms. The standard InChI is InChI=1S/C10H15ClN2O/c11-8-4-3-5-9(12)10(8)13-6-1-2-7-14/h3-5,13-14H,1-2,6-7,12H2. The maximum Gasteiger partial charge on any atom is 0.0763 e. The van der Waals surface area contributed by atoms with Gasteiger partial charge >= 0.3 is 0 Å². The third-order valence-corrected chi connectivity index (χ3v) is 2.25. The van der Waals surface area contributed by atoms with Gasteiger partial charge in [0.15, 0.2) is 0 Å². The van der Waals surface area contributed by atoms with Crippen LogP contribution in [0.3, 0.4) is 0 Å². The van der Waals surface area contributed by atoms with Gasteiger partial charge in [-0.2, -0.15) is 0 Å². The van der Waals surface area contributed by atoms with E-state index in [-0.39, 0.29) is 6.61 Å². The van der Waals surface area contributed by atoms with Gasteiger partial charge in [0.1, 0.15) is 0 Å². The molecule has 0 spiro atoms. The van der Waals surface area contributed by atoms with Crippen molar-refractivity contribution < 1.29 is 5.11 Å². The summed E-state index contributed by atoms with van der Waals surface area (Å²) in [7, 11) is 0. The van der Waals surface area contributed by atoms with E-state index in [1.807, 2.05) is 6.07 Å². The van der Waals surface area contributed by atoms with Crippen LogP contribution >= 0.6 is 11.6 Å². The summed E-state index contributed by atoms with van der Waals surface area (Å²) in [5.41, 5.74) is 7.18. The first-order valence-electron chi connectivity index (χ1n) is 4.64. The molecule has 0 aliphatic rings. The molecule has 1 rings (SSSR count). The lowest BCUT2D eigenvalue weighted by Crippen LogP contribution is -2.05. The highest BCUT2D eigenvalue weighted by Gasteiger charge is 2.02. The fraction of sp³-hybridized carbons (Fsp3) is 0.400. The Morgan fingerprint density at radius 1 is 1.36 bits per heavy atom. The van der Waals surface area contributed by atoms with Crippen molar-refractivity contribution in [2.24, 2.45) is 0 Å². The average molecular weight is 215 g/mol. The molecule has 0 aliphatic heterocycles. The third-order valence-electron chi connectivity index (χ3n) is 1.93. The summed E-state index contributed by atoms with van der Waals surface area (Å²) in [5, 5.41) is 12.4. The summed E-state index contributed by atoms with van der Waals surface area (Å²) < 4.78 is 0. The molecule has 1 aromatic rings. The van der Waals surface area contributed by atoms with Crippen molar-refractivity contribution >= 4 is 23.0 Å². The number of nitrogens with one attached hydrogen (secondary N) is 1. The first-order valence-corrected chi connectivity index (χ1v) is 5.02. The fourth-order valence-corrected chi connectivity index (χ4v) is 1.43. The Kier molecular flexibility index (Phi) is 4.56.